The van der Waals surface area contributed by atoms with E-state index < -0.39 is 5.25 Å². The van der Waals surface area contributed by atoms with Gasteiger partial charge in [0.1, 0.15) is 5.76 Å². The van der Waals surface area contributed by atoms with Crippen molar-refractivity contribution >= 4 is 23.5 Å². The smallest absolute Gasteiger partial charge is 0.238 e. The van der Waals surface area contributed by atoms with Crippen molar-refractivity contribution in [2.45, 2.75) is 30.8 Å². The maximum absolute atomic E-state index is 12.5. The minimum absolute atomic E-state index is 0.197. The van der Waals surface area contributed by atoms with Gasteiger partial charge in [-0.25, -0.2) is 0 Å². The van der Waals surface area contributed by atoms with Gasteiger partial charge in [0.2, 0.25) is 11.7 Å². The molecule has 148 valence electrons. The van der Waals surface area contributed by atoms with Crippen molar-refractivity contribution in [3.8, 4) is 11.6 Å². The Kier molecular flexibility index (Phi) is 5.48. The first-order chi connectivity index (χ1) is 14.1. The van der Waals surface area contributed by atoms with E-state index >= 15 is 0 Å². The van der Waals surface area contributed by atoms with Crippen LogP contribution in [-0.4, -0.2) is 31.1 Å². The van der Waals surface area contributed by atoms with Crippen LogP contribution in [0.2, 0.25) is 0 Å². The van der Waals surface area contributed by atoms with Gasteiger partial charge in [-0.3, -0.25) is 9.36 Å². The number of carbonyl (C=O) groups is 1. The number of hydrogen-bond donors (Lipinski definition) is 1. The van der Waals surface area contributed by atoms with Gasteiger partial charge >= 0.3 is 0 Å². The molecule has 0 saturated heterocycles. The van der Waals surface area contributed by atoms with Crippen LogP contribution in [0.5, 0.6) is 0 Å². The fraction of sp³-hybridized carbons (Fsp3) is 0.200. The third-order valence-corrected chi connectivity index (χ3v) is 5.25. The summed E-state index contributed by atoms with van der Waals surface area (Å²) < 4.78 is 12.4. The quantitative estimate of drug-likeness (QED) is 0.461. The summed E-state index contributed by atoms with van der Waals surface area (Å²) in [5.41, 5.74) is 1.09. The van der Waals surface area contributed by atoms with Gasteiger partial charge in [-0.05, 0) is 31.5 Å². The van der Waals surface area contributed by atoms with Crippen molar-refractivity contribution in [3.63, 3.8) is 0 Å². The topological polar surface area (TPSA) is 99.0 Å². The number of aryl methyl sites for hydroxylation is 1. The van der Waals surface area contributed by atoms with E-state index in [0.717, 1.165) is 5.56 Å². The molecule has 0 aliphatic heterocycles. The zero-order chi connectivity index (χ0) is 20.2. The largest absolute Gasteiger partial charge is 0.461 e. The third-order valence-electron chi connectivity index (χ3n) is 4.17. The second-order valence-electron chi connectivity index (χ2n) is 6.43. The summed E-state index contributed by atoms with van der Waals surface area (Å²) in [6, 6.07) is 15.3. The maximum atomic E-state index is 12.5. The molecule has 0 saturated carbocycles. The molecule has 4 rings (SSSR count). The minimum Gasteiger partial charge on any atom is -0.461 e. The van der Waals surface area contributed by atoms with Crippen LogP contribution in [0.1, 0.15) is 18.2 Å². The number of nitrogens with one attached hydrogen (secondary N) is 1. The van der Waals surface area contributed by atoms with E-state index in [9.17, 15) is 4.79 Å². The second kappa shape index (κ2) is 8.36. The number of benzene rings is 1. The van der Waals surface area contributed by atoms with Gasteiger partial charge in [0, 0.05) is 6.07 Å². The van der Waals surface area contributed by atoms with Crippen molar-refractivity contribution in [1.82, 2.24) is 19.9 Å². The summed E-state index contributed by atoms with van der Waals surface area (Å²) in [5.74, 6) is 2.06. The monoisotopic (exact) mass is 409 g/mol. The number of hydrogen-bond acceptors (Lipinski definition) is 7. The van der Waals surface area contributed by atoms with Gasteiger partial charge in [0.15, 0.2) is 16.7 Å². The van der Waals surface area contributed by atoms with Crippen LogP contribution >= 0.6 is 11.8 Å². The molecule has 0 aliphatic rings. The number of furan rings is 1. The number of rotatable bonds is 7. The van der Waals surface area contributed by atoms with E-state index in [1.807, 2.05) is 41.0 Å². The van der Waals surface area contributed by atoms with Gasteiger partial charge < -0.3 is 14.3 Å². The maximum Gasteiger partial charge on any atom is 0.238 e. The molecular formula is C20H19N5O3S. The number of aromatic nitrogens is 4. The van der Waals surface area contributed by atoms with Crippen molar-refractivity contribution in [3.05, 3.63) is 66.1 Å². The lowest BCUT2D eigenvalue weighted by molar-refractivity contribution is -0.115. The highest BCUT2D eigenvalue weighted by atomic mass is 32.2. The van der Waals surface area contributed by atoms with Crippen LogP contribution < -0.4 is 5.32 Å². The summed E-state index contributed by atoms with van der Waals surface area (Å²) in [7, 11) is 0. The van der Waals surface area contributed by atoms with E-state index in [4.69, 9.17) is 8.94 Å². The predicted octanol–water partition coefficient (Wildman–Crippen LogP) is 4.00. The van der Waals surface area contributed by atoms with E-state index in [1.165, 1.54) is 11.8 Å². The standard InChI is InChI=1S/C20H19N5O3S/c1-13-11-17(24-28-13)21-19(26)14(2)29-20-23-22-18(16-9-6-10-27-16)25(20)12-15-7-4-3-5-8-15/h3-11,14H,12H2,1-2H3,(H,21,24,26)/t14-/m1/s1. The Hall–Kier alpha value is -3.33. The van der Waals surface area contributed by atoms with Crippen LogP contribution in [0.25, 0.3) is 11.6 Å². The first-order valence-corrected chi connectivity index (χ1v) is 9.90. The van der Waals surface area contributed by atoms with E-state index in [1.54, 1.807) is 32.2 Å². The number of nitrogens with zero attached hydrogens (tertiary/aromatic N) is 4. The average molecular weight is 409 g/mol. The Morgan fingerprint density at radius 3 is 2.72 bits per heavy atom. The Morgan fingerprint density at radius 1 is 1.21 bits per heavy atom. The van der Waals surface area contributed by atoms with Crippen LogP contribution in [0.4, 0.5) is 5.82 Å². The van der Waals surface area contributed by atoms with Crippen molar-refractivity contribution < 1.29 is 13.7 Å². The number of thioether (sulfide) groups is 1. The summed E-state index contributed by atoms with van der Waals surface area (Å²) in [5, 5.41) is 15.3. The molecule has 9 heteroatoms. The van der Waals surface area contributed by atoms with Crippen LogP contribution in [0.3, 0.4) is 0 Å². The van der Waals surface area contributed by atoms with Crippen LogP contribution in [-0.2, 0) is 11.3 Å². The molecule has 0 unspecified atom stereocenters. The molecule has 0 radical (unpaired) electrons. The lowest BCUT2D eigenvalue weighted by Gasteiger charge is -2.12. The number of amides is 1. The molecule has 0 aliphatic carbocycles. The lowest BCUT2D eigenvalue weighted by Crippen LogP contribution is -2.23. The number of carbonyl (C=O) groups excluding carboxylic acids is 1. The van der Waals surface area contributed by atoms with Gasteiger partial charge in [0.25, 0.3) is 0 Å². The third kappa shape index (κ3) is 4.40. The van der Waals surface area contributed by atoms with E-state index in [2.05, 4.69) is 20.7 Å². The van der Waals surface area contributed by atoms with E-state index in [-0.39, 0.29) is 5.91 Å². The minimum atomic E-state index is -0.421. The molecule has 29 heavy (non-hydrogen) atoms. The Balaban J connectivity index is 1.57. The molecule has 1 amide bonds. The van der Waals surface area contributed by atoms with Gasteiger partial charge in [-0.1, -0.05) is 47.3 Å². The highest BCUT2D eigenvalue weighted by Crippen LogP contribution is 2.28. The first-order valence-electron chi connectivity index (χ1n) is 9.02. The zero-order valence-corrected chi connectivity index (χ0v) is 16.7. The molecule has 4 aromatic rings. The normalized spacial score (nSPS) is 12.1. The summed E-state index contributed by atoms with van der Waals surface area (Å²) in [6.45, 7) is 4.13. The molecule has 1 aromatic carbocycles. The average Bonchev–Trinajstić information content (AvgIpc) is 3.45. The summed E-state index contributed by atoms with van der Waals surface area (Å²) in [6.07, 6.45) is 1.60. The molecule has 1 N–H and O–H groups in total. The predicted molar refractivity (Wildman–Crippen MR) is 108 cm³/mol. The Bertz CT molecular complexity index is 1090. The lowest BCUT2D eigenvalue weighted by atomic mass is 10.2. The Morgan fingerprint density at radius 2 is 2.03 bits per heavy atom. The molecule has 0 bridgehead atoms. The fourth-order valence-electron chi connectivity index (χ4n) is 2.74. The molecule has 3 heterocycles. The van der Waals surface area contributed by atoms with Gasteiger partial charge in [-0.2, -0.15) is 0 Å². The van der Waals surface area contributed by atoms with Crippen molar-refractivity contribution in [2.24, 2.45) is 0 Å². The van der Waals surface area contributed by atoms with Crippen LogP contribution in [0, 0.1) is 6.92 Å². The van der Waals surface area contributed by atoms with Gasteiger partial charge in [0.05, 0.1) is 18.1 Å². The van der Waals surface area contributed by atoms with Crippen molar-refractivity contribution in [2.75, 3.05) is 5.32 Å². The fourth-order valence-corrected chi connectivity index (χ4v) is 3.59. The molecule has 0 spiro atoms. The molecular weight excluding hydrogens is 390 g/mol. The molecule has 8 nitrogen and oxygen atoms in total. The molecule has 0 fully saturated rings. The molecule has 1 atom stereocenters. The van der Waals surface area contributed by atoms with Crippen molar-refractivity contribution in [1.29, 1.82) is 0 Å². The SMILES string of the molecule is Cc1cc(NC(=O)[C@@H](C)Sc2nnc(-c3ccco3)n2Cc2ccccc2)no1. The highest BCUT2D eigenvalue weighted by molar-refractivity contribution is 8.00. The second-order valence-corrected chi connectivity index (χ2v) is 7.74. The zero-order valence-electron chi connectivity index (χ0n) is 15.9. The number of anilines is 1. The van der Waals surface area contributed by atoms with E-state index in [0.29, 0.717) is 34.9 Å². The highest BCUT2D eigenvalue weighted by Gasteiger charge is 2.22. The summed E-state index contributed by atoms with van der Waals surface area (Å²) in [4.78, 5) is 12.5. The summed E-state index contributed by atoms with van der Waals surface area (Å²) >= 11 is 1.32. The first kappa shape index (κ1) is 19.0. The van der Waals surface area contributed by atoms with Crippen LogP contribution in [0.15, 0.2) is 68.9 Å². The molecule has 3 aromatic heterocycles. The Labute approximate surface area is 171 Å². The van der Waals surface area contributed by atoms with Gasteiger partial charge in [-0.15, -0.1) is 10.2 Å².